The molecule has 0 aliphatic carbocycles. The van der Waals surface area contributed by atoms with Crippen molar-refractivity contribution >= 4 is 16.0 Å². The zero-order valence-corrected chi connectivity index (χ0v) is 14.7. The van der Waals surface area contributed by atoms with Gasteiger partial charge in [0.1, 0.15) is 18.1 Å². The number of hydrogen-bond acceptors (Lipinski definition) is 6. The van der Waals surface area contributed by atoms with Crippen LogP contribution in [0.5, 0.6) is 0 Å². The zero-order chi connectivity index (χ0) is 17.7. The highest BCUT2D eigenvalue weighted by molar-refractivity contribution is 7.89. The van der Waals surface area contributed by atoms with E-state index in [0.717, 1.165) is 0 Å². The Bertz CT molecular complexity index is 809. The minimum absolute atomic E-state index is 0.0385. The molecule has 0 unspecified atom stereocenters. The molecular weight excluding hydrogens is 332 g/mol. The lowest BCUT2D eigenvalue weighted by atomic mass is 10.2. The van der Waals surface area contributed by atoms with Crippen molar-refractivity contribution in [1.82, 2.24) is 9.46 Å². The number of rotatable bonds is 7. The summed E-state index contributed by atoms with van der Waals surface area (Å²) in [4.78, 5) is 12.2. The van der Waals surface area contributed by atoms with Crippen LogP contribution in [-0.2, 0) is 21.4 Å². The molecule has 0 atom stereocenters. The molecule has 0 bridgehead atoms. The van der Waals surface area contributed by atoms with E-state index in [1.807, 2.05) is 0 Å². The fourth-order valence-corrected chi connectivity index (χ4v) is 3.71. The lowest BCUT2D eigenvalue weighted by Gasteiger charge is -2.18. The van der Waals surface area contributed by atoms with Crippen LogP contribution >= 0.6 is 0 Å². The van der Waals surface area contributed by atoms with Gasteiger partial charge in [0.25, 0.3) is 0 Å². The summed E-state index contributed by atoms with van der Waals surface area (Å²) in [5.41, 5.74) is 0.663. The zero-order valence-electron chi connectivity index (χ0n) is 13.9. The Morgan fingerprint density at radius 3 is 2.54 bits per heavy atom. The maximum absolute atomic E-state index is 12.5. The molecule has 1 heterocycles. The van der Waals surface area contributed by atoms with Crippen molar-refractivity contribution in [3.8, 4) is 0 Å². The lowest BCUT2D eigenvalue weighted by molar-refractivity contribution is 0.0464. The predicted octanol–water partition coefficient (Wildman–Crippen LogP) is 2.37. The molecule has 0 fully saturated rings. The Morgan fingerprint density at radius 1 is 1.25 bits per heavy atom. The molecule has 2 aromatic rings. The van der Waals surface area contributed by atoms with Crippen LogP contribution in [0.15, 0.2) is 39.8 Å². The molecule has 0 saturated heterocycles. The van der Waals surface area contributed by atoms with Crippen LogP contribution in [0.2, 0.25) is 0 Å². The van der Waals surface area contributed by atoms with Crippen molar-refractivity contribution < 1.29 is 22.5 Å². The molecule has 130 valence electrons. The standard InChI is InChI=1S/C16H20N2O5S/c1-4-18(5-2)24(20,21)15-8-6-7-13(10-15)16(19)22-11-14-9-12(3)23-17-14/h6-10H,4-5,11H2,1-3H3. The molecule has 1 aromatic carbocycles. The summed E-state index contributed by atoms with van der Waals surface area (Å²) in [6.45, 7) is 5.94. The van der Waals surface area contributed by atoms with Crippen LogP contribution in [0, 0.1) is 6.92 Å². The Hall–Kier alpha value is -2.19. The Kier molecular flexibility index (Phi) is 5.74. The first-order valence-electron chi connectivity index (χ1n) is 7.58. The fraction of sp³-hybridized carbons (Fsp3) is 0.375. The summed E-state index contributed by atoms with van der Waals surface area (Å²) < 4.78 is 36.4. The van der Waals surface area contributed by atoms with Gasteiger partial charge in [-0.2, -0.15) is 4.31 Å². The van der Waals surface area contributed by atoms with Crippen LogP contribution in [0.4, 0.5) is 0 Å². The molecule has 24 heavy (non-hydrogen) atoms. The minimum Gasteiger partial charge on any atom is -0.455 e. The number of hydrogen-bond donors (Lipinski definition) is 0. The lowest BCUT2D eigenvalue weighted by Crippen LogP contribution is -2.30. The molecule has 0 spiro atoms. The molecule has 0 aliphatic rings. The number of nitrogens with zero attached hydrogens (tertiary/aromatic N) is 2. The molecule has 0 aliphatic heterocycles. The molecule has 8 heteroatoms. The van der Waals surface area contributed by atoms with E-state index in [1.54, 1.807) is 26.8 Å². The van der Waals surface area contributed by atoms with E-state index in [1.165, 1.54) is 28.6 Å². The summed E-state index contributed by atoms with van der Waals surface area (Å²) >= 11 is 0. The van der Waals surface area contributed by atoms with Crippen molar-refractivity contribution in [2.24, 2.45) is 0 Å². The Balaban J connectivity index is 2.16. The maximum atomic E-state index is 12.5. The summed E-state index contributed by atoms with van der Waals surface area (Å²) in [5, 5.41) is 3.73. The van der Waals surface area contributed by atoms with Gasteiger partial charge in [0, 0.05) is 19.2 Å². The van der Waals surface area contributed by atoms with Crippen LogP contribution in [0.3, 0.4) is 0 Å². The van der Waals surface area contributed by atoms with Gasteiger partial charge >= 0.3 is 5.97 Å². The van der Waals surface area contributed by atoms with Crippen LogP contribution < -0.4 is 0 Å². The highest BCUT2D eigenvalue weighted by atomic mass is 32.2. The molecule has 0 radical (unpaired) electrons. The smallest absolute Gasteiger partial charge is 0.338 e. The third-order valence-electron chi connectivity index (χ3n) is 3.44. The maximum Gasteiger partial charge on any atom is 0.338 e. The number of esters is 1. The molecular formula is C16H20N2O5S. The third-order valence-corrected chi connectivity index (χ3v) is 5.49. The second-order valence-electron chi connectivity index (χ2n) is 5.12. The van der Waals surface area contributed by atoms with Gasteiger partial charge in [-0.05, 0) is 25.1 Å². The first-order valence-corrected chi connectivity index (χ1v) is 9.02. The number of ether oxygens (including phenoxy) is 1. The molecule has 7 nitrogen and oxygen atoms in total. The van der Waals surface area contributed by atoms with Gasteiger partial charge < -0.3 is 9.26 Å². The van der Waals surface area contributed by atoms with Crippen LogP contribution in [0.25, 0.3) is 0 Å². The molecule has 1 aromatic heterocycles. The number of benzene rings is 1. The SMILES string of the molecule is CCN(CC)S(=O)(=O)c1cccc(C(=O)OCc2cc(C)on2)c1. The fourth-order valence-electron chi connectivity index (χ4n) is 2.20. The van der Waals surface area contributed by atoms with Crippen molar-refractivity contribution in [1.29, 1.82) is 0 Å². The summed E-state index contributed by atoms with van der Waals surface area (Å²) in [6, 6.07) is 7.48. The normalized spacial score (nSPS) is 11.7. The second-order valence-corrected chi connectivity index (χ2v) is 7.06. The number of carbonyl (C=O) groups excluding carboxylic acids is 1. The van der Waals surface area contributed by atoms with Crippen molar-refractivity contribution in [3.05, 3.63) is 47.3 Å². The molecule has 0 saturated carbocycles. The minimum atomic E-state index is -3.62. The van der Waals surface area contributed by atoms with E-state index >= 15 is 0 Å². The van der Waals surface area contributed by atoms with Gasteiger partial charge in [0.15, 0.2) is 0 Å². The van der Waals surface area contributed by atoms with Gasteiger partial charge in [-0.3, -0.25) is 0 Å². The van der Waals surface area contributed by atoms with Crippen LogP contribution in [-0.4, -0.2) is 36.9 Å². The molecule has 2 rings (SSSR count). The topological polar surface area (TPSA) is 89.7 Å². The van der Waals surface area contributed by atoms with Crippen molar-refractivity contribution in [2.45, 2.75) is 32.3 Å². The summed E-state index contributed by atoms with van der Waals surface area (Å²) in [7, 11) is -3.62. The number of aromatic nitrogens is 1. The van der Waals surface area contributed by atoms with E-state index in [2.05, 4.69) is 5.16 Å². The van der Waals surface area contributed by atoms with E-state index in [9.17, 15) is 13.2 Å². The van der Waals surface area contributed by atoms with Crippen LogP contribution in [0.1, 0.15) is 35.7 Å². The first kappa shape index (κ1) is 18.2. The van der Waals surface area contributed by atoms with Gasteiger partial charge in [0.05, 0.1) is 10.5 Å². The van der Waals surface area contributed by atoms with E-state index in [0.29, 0.717) is 24.5 Å². The summed E-state index contributed by atoms with van der Waals surface area (Å²) in [5.74, 6) is 0.000567. The van der Waals surface area contributed by atoms with E-state index < -0.39 is 16.0 Å². The van der Waals surface area contributed by atoms with Crippen molar-refractivity contribution in [3.63, 3.8) is 0 Å². The number of carbonyl (C=O) groups is 1. The largest absolute Gasteiger partial charge is 0.455 e. The number of sulfonamides is 1. The molecule has 0 N–H and O–H groups in total. The Labute approximate surface area is 141 Å². The van der Waals surface area contributed by atoms with Crippen molar-refractivity contribution in [2.75, 3.05) is 13.1 Å². The highest BCUT2D eigenvalue weighted by Gasteiger charge is 2.22. The predicted molar refractivity (Wildman–Crippen MR) is 86.9 cm³/mol. The molecule has 0 amide bonds. The van der Waals surface area contributed by atoms with Gasteiger partial charge in [0.2, 0.25) is 10.0 Å². The quantitative estimate of drug-likeness (QED) is 0.711. The average molecular weight is 352 g/mol. The first-order chi connectivity index (χ1) is 11.4. The summed E-state index contributed by atoms with van der Waals surface area (Å²) in [6.07, 6.45) is 0. The van der Waals surface area contributed by atoms with Gasteiger partial charge in [-0.25, -0.2) is 13.2 Å². The van der Waals surface area contributed by atoms with E-state index in [4.69, 9.17) is 9.26 Å². The van der Waals surface area contributed by atoms with Gasteiger partial charge in [-0.1, -0.05) is 25.1 Å². The average Bonchev–Trinajstić information content (AvgIpc) is 2.99. The Morgan fingerprint density at radius 2 is 1.96 bits per heavy atom. The second kappa shape index (κ2) is 7.59. The highest BCUT2D eigenvalue weighted by Crippen LogP contribution is 2.18. The van der Waals surface area contributed by atoms with Gasteiger partial charge in [-0.15, -0.1) is 0 Å². The number of aryl methyl sites for hydroxylation is 1. The van der Waals surface area contributed by atoms with E-state index in [-0.39, 0.29) is 17.1 Å². The third kappa shape index (κ3) is 4.01. The monoisotopic (exact) mass is 352 g/mol.